The number of carbonyl (C=O) groups excluding carboxylic acids is 3. The van der Waals surface area contributed by atoms with Gasteiger partial charge in [-0.15, -0.1) is 0 Å². The summed E-state index contributed by atoms with van der Waals surface area (Å²) in [5.41, 5.74) is 5.13. The van der Waals surface area contributed by atoms with E-state index in [2.05, 4.69) is 31.1 Å². The molecule has 0 saturated carbocycles. The first-order valence-corrected chi connectivity index (χ1v) is 8.10. The van der Waals surface area contributed by atoms with Gasteiger partial charge in [-0.3, -0.25) is 35.2 Å². The molecule has 2 rings (SSSR count). The molecular weight excluding hydrogens is 336 g/mol. The second-order valence-corrected chi connectivity index (χ2v) is 5.61. The minimum Gasteiger partial charge on any atom is -0.339 e. The van der Waals surface area contributed by atoms with E-state index in [0.717, 1.165) is 0 Å². The molecule has 136 valence electrons. The van der Waals surface area contributed by atoms with Gasteiger partial charge < -0.3 is 5.32 Å². The maximum atomic E-state index is 12.5. The maximum absolute atomic E-state index is 12.5. The first-order valence-electron chi connectivity index (χ1n) is 8.10. The molecule has 0 aliphatic heterocycles. The zero-order valence-electron chi connectivity index (χ0n) is 14.5. The van der Waals surface area contributed by atoms with Crippen molar-refractivity contribution in [3.63, 3.8) is 0 Å². The topological polar surface area (TPSA) is 126 Å². The Morgan fingerprint density at radius 2 is 1.73 bits per heavy atom. The van der Waals surface area contributed by atoms with Crippen molar-refractivity contribution in [1.82, 2.24) is 31.1 Å². The quantitative estimate of drug-likeness (QED) is 0.646. The number of rotatable bonds is 6. The second kappa shape index (κ2) is 9.21. The number of aromatic nitrogens is 3. The number of amides is 3. The third-order valence-electron chi connectivity index (χ3n) is 3.82. The van der Waals surface area contributed by atoms with E-state index in [1.165, 1.54) is 43.1 Å². The van der Waals surface area contributed by atoms with Crippen LogP contribution in [0.25, 0.3) is 0 Å². The number of nitrogens with zero attached hydrogens (tertiary/aromatic N) is 3. The highest BCUT2D eigenvalue weighted by Crippen LogP contribution is 2.09. The van der Waals surface area contributed by atoms with Crippen molar-refractivity contribution < 1.29 is 14.4 Å². The Kier molecular flexibility index (Phi) is 6.72. The Labute approximate surface area is 150 Å². The third-order valence-corrected chi connectivity index (χ3v) is 3.82. The van der Waals surface area contributed by atoms with Gasteiger partial charge in [-0.25, -0.2) is 4.98 Å². The minimum atomic E-state index is -0.841. The van der Waals surface area contributed by atoms with Crippen molar-refractivity contribution in [1.29, 1.82) is 0 Å². The molecule has 0 radical (unpaired) electrons. The highest BCUT2D eigenvalue weighted by atomic mass is 16.2. The summed E-state index contributed by atoms with van der Waals surface area (Å²) in [6, 6.07) is 2.19. The lowest BCUT2D eigenvalue weighted by Crippen LogP contribution is -2.54. The number of pyridine rings is 1. The Morgan fingerprint density at radius 1 is 1.00 bits per heavy atom. The summed E-state index contributed by atoms with van der Waals surface area (Å²) in [5, 5.41) is 2.63. The molecule has 3 N–H and O–H groups in total. The fourth-order valence-electron chi connectivity index (χ4n) is 2.11. The van der Waals surface area contributed by atoms with Crippen LogP contribution in [-0.2, 0) is 4.79 Å². The molecule has 9 nitrogen and oxygen atoms in total. The molecule has 3 amide bonds. The average molecular weight is 356 g/mol. The molecule has 2 heterocycles. The third kappa shape index (κ3) is 5.07. The summed E-state index contributed by atoms with van der Waals surface area (Å²) in [7, 11) is 0. The summed E-state index contributed by atoms with van der Waals surface area (Å²) < 4.78 is 0. The van der Waals surface area contributed by atoms with Crippen LogP contribution in [0, 0.1) is 5.92 Å². The van der Waals surface area contributed by atoms with Crippen molar-refractivity contribution in [2.24, 2.45) is 5.92 Å². The van der Waals surface area contributed by atoms with E-state index in [1.54, 1.807) is 0 Å². The van der Waals surface area contributed by atoms with Crippen molar-refractivity contribution in [2.45, 2.75) is 26.3 Å². The normalized spacial score (nSPS) is 12.5. The molecule has 2 aromatic rings. The Bertz CT molecular complexity index is 754. The molecular formula is C17H20N6O3. The molecule has 0 saturated heterocycles. The molecule has 9 heteroatoms. The van der Waals surface area contributed by atoms with Crippen molar-refractivity contribution in [3.05, 3.63) is 54.4 Å². The highest BCUT2D eigenvalue weighted by molar-refractivity contribution is 5.98. The lowest BCUT2D eigenvalue weighted by molar-refractivity contribution is -0.124. The van der Waals surface area contributed by atoms with Gasteiger partial charge in [0.25, 0.3) is 17.7 Å². The van der Waals surface area contributed by atoms with Crippen LogP contribution in [0.2, 0.25) is 0 Å². The summed E-state index contributed by atoms with van der Waals surface area (Å²) in [6.45, 7) is 3.72. The summed E-state index contributed by atoms with van der Waals surface area (Å²) in [6.07, 6.45) is 7.75. The monoisotopic (exact) mass is 356 g/mol. The average Bonchev–Trinajstić information content (AvgIpc) is 2.70. The number of nitrogens with one attached hydrogen (secondary N) is 3. The first kappa shape index (κ1) is 19.0. The van der Waals surface area contributed by atoms with Crippen LogP contribution < -0.4 is 16.2 Å². The second-order valence-electron chi connectivity index (χ2n) is 5.61. The lowest BCUT2D eigenvalue weighted by Gasteiger charge is -2.23. The predicted molar refractivity (Wildman–Crippen MR) is 92.6 cm³/mol. The van der Waals surface area contributed by atoms with Crippen LogP contribution in [-0.4, -0.2) is 38.7 Å². The standard InChI is InChI=1S/C17H20N6O3/c1-3-11(2)14(21-16(25)13-10-19-8-9-20-13)17(26)23-22-15(24)12-4-6-18-7-5-12/h4-11,14H,3H2,1-2H3,(H,21,25)(H,22,24)(H,23,26)/t11-,14+/m1/s1. The van der Waals surface area contributed by atoms with Crippen molar-refractivity contribution in [3.8, 4) is 0 Å². The van der Waals surface area contributed by atoms with Gasteiger partial charge in [0.15, 0.2) is 0 Å². The lowest BCUT2D eigenvalue weighted by atomic mass is 9.98. The zero-order chi connectivity index (χ0) is 18.9. The maximum Gasteiger partial charge on any atom is 0.272 e. The number of hydrazine groups is 1. The fraction of sp³-hybridized carbons (Fsp3) is 0.294. The van der Waals surface area contributed by atoms with Crippen LogP contribution in [0.3, 0.4) is 0 Å². The minimum absolute atomic E-state index is 0.106. The number of hydrogen-bond donors (Lipinski definition) is 3. The van der Waals surface area contributed by atoms with E-state index < -0.39 is 23.8 Å². The van der Waals surface area contributed by atoms with Gasteiger partial charge in [0.2, 0.25) is 0 Å². The van der Waals surface area contributed by atoms with Gasteiger partial charge in [0, 0.05) is 30.4 Å². The van der Waals surface area contributed by atoms with E-state index in [-0.39, 0.29) is 11.6 Å². The Morgan fingerprint density at radius 3 is 2.35 bits per heavy atom. The molecule has 0 bridgehead atoms. The zero-order valence-corrected chi connectivity index (χ0v) is 14.5. The molecule has 0 fully saturated rings. The van der Waals surface area contributed by atoms with Crippen LogP contribution >= 0.6 is 0 Å². The Hall–Kier alpha value is -3.36. The van der Waals surface area contributed by atoms with E-state index in [1.807, 2.05) is 13.8 Å². The van der Waals surface area contributed by atoms with Crippen LogP contribution in [0.15, 0.2) is 43.1 Å². The van der Waals surface area contributed by atoms with E-state index in [4.69, 9.17) is 0 Å². The molecule has 0 spiro atoms. The Balaban J connectivity index is 2.00. The van der Waals surface area contributed by atoms with Crippen molar-refractivity contribution >= 4 is 17.7 Å². The molecule has 2 aromatic heterocycles. The molecule has 26 heavy (non-hydrogen) atoms. The summed E-state index contributed by atoms with van der Waals surface area (Å²) in [5.74, 6) is -1.68. The van der Waals surface area contributed by atoms with Gasteiger partial charge in [0.05, 0.1) is 6.20 Å². The predicted octanol–water partition coefficient (Wildman–Crippen LogP) is 0.477. The molecule has 0 aromatic carbocycles. The first-order chi connectivity index (χ1) is 12.5. The summed E-state index contributed by atoms with van der Waals surface area (Å²) >= 11 is 0. The van der Waals surface area contributed by atoms with Gasteiger partial charge in [-0.2, -0.15) is 0 Å². The van der Waals surface area contributed by atoms with E-state index in [9.17, 15) is 14.4 Å². The van der Waals surface area contributed by atoms with Crippen LogP contribution in [0.5, 0.6) is 0 Å². The van der Waals surface area contributed by atoms with Gasteiger partial charge >= 0.3 is 0 Å². The number of carbonyl (C=O) groups is 3. The van der Waals surface area contributed by atoms with Crippen LogP contribution in [0.1, 0.15) is 41.1 Å². The molecule has 0 aliphatic rings. The summed E-state index contributed by atoms with van der Waals surface area (Å²) in [4.78, 5) is 48.3. The van der Waals surface area contributed by atoms with E-state index in [0.29, 0.717) is 12.0 Å². The highest BCUT2D eigenvalue weighted by Gasteiger charge is 2.27. The van der Waals surface area contributed by atoms with Gasteiger partial charge in [0.1, 0.15) is 11.7 Å². The fourth-order valence-corrected chi connectivity index (χ4v) is 2.11. The SMILES string of the molecule is CC[C@@H](C)[C@H](NC(=O)c1cnccn1)C(=O)NNC(=O)c1ccncc1. The molecule has 0 unspecified atom stereocenters. The number of hydrogen-bond acceptors (Lipinski definition) is 6. The molecule has 2 atom stereocenters. The van der Waals surface area contributed by atoms with Crippen LogP contribution in [0.4, 0.5) is 0 Å². The smallest absolute Gasteiger partial charge is 0.272 e. The van der Waals surface area contributed by atoms with Crippen molar-refractivity contribution in [2.75, 3.05) is 0 Å². The largest absolute Gasteiger partial charge is 0.339 e. The van der Waals surface area contributed by atoms with E-state index >= 15 is 0 Å². The molecule has 0 aliphatic carbocycles. The van der Waals surface area contributed by atoms with Gasteiger partial charge in [-0.05, 0) is 18.1 Å². The van der Waals surface area contributed by atoms with Gasteiger partial charge in [-0.1, -0.05) is 20.3 Å².